The van der Waals surface area contributed by atoms with Gasteiger partial charge in [0.25, 0.3) is 5.91 Å². The minimum Gasteiger partial charge on any atom is -0.484 e. The average molecular weight is 373 g/mol. The van der Waals surface area contributed by atoms with Crippen LogP contribution in [-0.2, 0) is 22.4 Å². The molecule has 3 rings (SSSR count). The summed E-state index contributed by atoms with van der Waals surface area (Å²) in [5.74, 6) is -0.576. The zero-order valence-corrected chi connectivity index (χ0v) is 15.1. The van der Waals surface area contributed by atoms with Crippen LogP contribution in [0.4, 0.5) is 0 Å². The Morgan fingerprint density at radius 1 is 1.15 bits per heavy atom. The van der Waals surface area contributed by atoms with Crippen molar-refractivity contribution in [3.8, 4) is 5.75 Å². The molecule has 1 amide bonds. The normalized spacial score (nSPS) is 12.7. The summed E-state index contributed by atoms with van der Waals surface area (Å²) < 4.78 is 10.9. The molecule has 1 aromatic heterocycles. The van der Waals surface area contributed by atoms with Gasteiger partial charge < -0.3 is 19.6 Å². The average Bonchev–Trinajstić information content (AvgIpc) is 3.13. The molecule has 144 valence electrons. The van der Waals surface area contributed by atoms with Crippen LogP contribution in [0.5, 0.6) is 5.75 Å². The van der Waals surface area contributed by atoms with E-state index in [2.05, 4.69) is 5.32 Å². The predicted molar refractivity (Wildman–Crippen MR) is 99.1 cm³/mol. The molecule has 0 saturated heterocycles. The van der Waals surface area contributed by atoms with Gasteiger partial charge in [0.1, 0.15) is 11.3 Å². The van der Waals surface area contributed by atoms with Crippen molar-refractivity contribution >= 4 is 22.8 Å². The molecular formula is C20H23NO6. The smallest absolute Gasteiger partial charge is 0.339 e. The molecule has 1 heterocycles. The third kappa shape index (κ3) is 4.87. The van der Waals surface area contributed by atoms with Gasteiger partial charge in [0.15, 0.2) is 6.61 Å². The topological polar surface area (TPSA) is 106 Å². The van der Waals surface area contributed by atoms with E-state index in [9.17, 15) is 14.4 Å². The molecule has 1 aromatic carbocycles. The van der Waals surface area contributed by atoms with Crippen molar-refractivity contribution in [1.82, 2.24) is 5.32 Å². The SMILES string of the molecule is O=C(O)CCCCCNC(=O)COc1ccc2c3c(c(=O)oc2c1)CCC3. The molecule has 0 radical (unpaired) electrons. The molecule has 7 heteroatoms. The van der Waals surface area contributed by atoms with Crippen molar-refractivity contribution < 1.29 is 23.8 Å². The van der Waals surface area contributed by atoms with E-state index in [4.69, 9.17) is 14.3 Å². The van der Waals surface area contributed by atoms with E-state index >= 15 is 0 Å². The number of nitrogens with one attached hydrogen (secondary N) is 1. The molecule has 0 spiro atoms. The number of aryl methyl sites for hydroxylation is 1. The zero-order valence-electron chi connectivity index (χ0n) is 15.1. The second kappa shape index (κ2) is 8.70. The van der Waals surface area contributed by atoms with Crippen LogP contribution in [0.2, 0.25) is 0 Å². The highest BCUT2D eigenvalue weighted by Crippen LogP contribution is 2.29. The van der Waals surface area contributed by atoms with Gasteiger partial charge in [-0.25, -0.2) is 4.79 Å². The van der Waals surface area contributed by atoms with Crippen LogP contribution in [0.25, 0.3) is 11.0 Å². The lowest BCUT2D eigenvalue weighted by Gasteiger charge is -2.09. The summed E-state index contributed by atoms with van der Waals surface area (Å²) in [4.78, 5) is 34.3. The summed E-state index contributed by atoms with van der Waals surface area (Å²) in [5, 5.41) is 12.2. The molecule has 2 aromatic rings. The van der Waals surface area contributed by atoms with Crippen molar-refractivity contribution in [1.29, 1.82) is 0 Å². The third-order valence-electron chi connectivity index (χ3n) is 4.70. The van der Waals surface area contributed by atoms with Gasteiger partial charge in [-0.05, 0) is 49.8 Å². The highest BCUT2D eigenvalue weighted by molar-refractivity contribution is 5.83. The maximum atomic E-state index is 12.0. The van der Waals surface area contributed by atoms with Crippen LogP contribution in [-0.4, -0.2) is 30.1 Å². The second-order valence-corrected chi connectivity index (χ2v) is 6.70. The third-order valence-corrected chi connectivity index (χ3v) is 4.70. The number of rotatable bonds is 9. The quantitative estimate of drug-likeness (QED) is 0.516. The number of amides is 1. The summed E-state index contributed by atoms with van der Waals surface area (Å²) in [6.07, 6.45) is 4.85. The number of hydrogen-bond acceptors (Lipinski definition) is 5. The molecule has 0 fully saturated rings. The van der Waals surface area contributed by atoms with E-state index in [1.54, 1.807) is 12.1 Å². The molecule has 0 bridgehead atoms. The summed E-state index contributed by atoms with van der Waals surface area (Å²) in [6.45, 7) is 0.357. The summed E-state index contributed by atoms with van der Waals surface area (Å²) in [6, 6.07) is 5.30. The summed E-state index contributed by atoms with van der Waals surface area (Å²) in [7, 11) is 0. The summed E-state index contributed by atoms with van der Waals surface area (Å²) in [5.41, 5.74) is 2.04. The van der Waals surface area contributed by atoms with Gasteiger partial charge >= 0.3 is 11.6 Å². The van der Waals surface area contributed by atoms with Crippen LogP contribution < -0.4 is 15.7 Å². The monoisotopic (exact) mass is 373 g/mol. The number of ether oxygens (including phenoxy) is 1. The standard InChI is InChI=1S/C20H23NO6/c22-18(21-10-3-1-2-7-19(23)24)12-26-13-8-9-15-14-5-4-6-16(14)20(25)27-17(15)11-13/h8-9,11H,1-7,10,12H2,(H,21,22)(H,23,24). The van der Waals surface area contributed by atoms with Crippen LogP contribution in [0, 0.1) is 0 Å². The number of carbonyl (C=O) groups excluding carboxylic acids is 1. The molecule has 0 unspecified atom stereocenters. The van der Waals surface area contributed by atoms with Gasteiger partial charge in [0, 0.05) is 30.0 Å². The van der Waals surface area contributed by atoms with E-state index in [1.807, 2.05) is 6.07 Å². The van der Waals surface area contributed by atoms with Crippen LogP contribution in [0.1, 0.15) is 43.2 Å². The van der Waals surface area contributed by atoms with Gasteiger partial charge in [-0.15, -0.1) is 0 Å². The van der Waals surface area contributed by atoms with Crippen LogP contribution in [0.3, 0.4) is 0 Å². The molecule has 0 atom stereocenters. The fourth-order valence-electron chi connectivity index (χ4n) is 3.36. The van der Waals surface area contributed by atoms with Crippen molar-refractivity contribution in [2.45, 2.75) is 44.9 Å². The highest BCUT2D eigenvalue weighted by Gasteiger charge is 2.19. The number of carboxylic acid groups (broad SMARTS) is 1. The Bertz CT molecular complexity index is 901. The minimum atomic E-state index is -0.802. The molecule has 0 aliphatic heterocycles. The molecule has 1 aliphatic carbocycles. The Kier molecular flexibility index (Phi) is 6.11. The molecule has 7 nitrogen and oxygen atoms in total. The number of fused-ring (bicyclic) bond motifs is 3. The van der Waals surface area contributed by atoms with Crippen molar-refractivity contribution in [3.05, 3.63) is 39.7 Å². The molecule has 27 heavy (non-hydrogen) atoms. The minimum absolute atomic E-state index is 0.129. The van der Waals surface area contributed by atoms with E-state index in [0.717, 1.165) is 48.6 Å². The largest absolute Gasteiger partial charge is 0.484 e. The predicted octanol–water partition coefficient (Wildman–Crippen LogP) is 2.42. The summed E-state index contributed by atoms with van der Waals surface area (Å²) >= 11 is 0. The Hall–Kier alpha value is -2.83. The maximum Gasteiger partial charge on any atom is 0.339 e. The Balaban J connectivity index is 1.49. The van der Waals surface area contributed by atoms with E-state index in [-0.39, 0.29) is 24.6 Å². The molecular weight excluding hydrogens is 350 g/mol. The Labute approximate surface area is 156 Å². The van der Waals surface area contributed by atoms with E-state index < -0.39 is 5.97 Å². The zero-order chi connectivity index (χ0) is 19.2. The highest BCUT2D eigenvalue weighted by atomic mass is 16.5. The number of hydrogen-bond donors (Lipinski definition) is 2. The maximum absolute atomic E-state index is 12.0. The van der Waals surface area contributed by atoms with Crippen molar-refractivity contribution in [2.75, 3.05) is 13.2 Å². The number of carbonyl (C=O) groups is 2. The first-order valence-electron chi connectivity index (χ1n) is 9.24. The fourth-order valence-corrected chi connectivity index (χ4v) is 3.36. The van der Waals surface area contributed by atoms with Gasteiger partial charge in [0.05, 0.1) is 0 Å². The molecule has 1 aliphatic rings. The number of unbranched alkanes of at least 4 members (excludes halogenated alkanes) is 2. The van der Waals surface area contributed by atoms with Gasteiger partial charge in [-0.3, -0.25) is 9.59 Å². The first-order chi connectivity index (χ1) is 13.0. The molecule has 2 N–H and O–H groups in total. The fraction of sp³-hybridized carbons (Fsp3) is 0.450. The van der Waals surface area contributed by atoms with Crippen molar-refractivity contribution in [3.63, 3.8) is 0 Å². The first-order valence-corrected chi connectivity index (χ1v) is 9.24. The van der Waals surface area contributed by atoms with E-state index in [0.29, 0.717) is 24.3 Å². The number of carboxylic acids is 1. The van der Waals surface area contributed by atoms with Crippen LogP contribution in [0.15, 0.2) is 27.4 Å². The Morgan fingerprint density at radius 3 is 2.78 bits per heavy atom. The lowest BCUT2D eigenvalue weighted by atomic mass is 10.1. The number of benzene rings is 1. The first kappa shape index (κ1) is 18.9. The lowest BCUT2D eigenvalue weighted by molar-refractivity contribution is -0.137. The van der Waals surface area contributed by atoms with Gasteiger partial charge in [-0.1, -0.05) is 6.42 Å². The molecule has 0 saturated carbocycles. The van der Waals surface area contributed by atoms with Crippen molar-refractivity contribution in [2.24, 2.45) is 0 Å². The Morgan fingerprint density at radius 2 is 1.96 bits per heavy atom. The lowest BCUT2D eigenvalue weighted by Crippen LogP contribution is -2.29. The number of aliphatic carboxylic acids is 1. The van der Waals surface area contributed by atoms with Gasteiger partial charge in [0.2, 0.25) is 0 Å². The van der Waals surface area contributed by atoms with Gasteiger partial charge in [-0.2, -0.15) is 0 Å². The van der Waals surface area contributed by atoms with E-state index in [1.165, 1.54) is 0 Å². The van der Waals surface area contributed by atoms with Crippen LogP contribution >= 0.6 is 0 Å². The second-order valence-electron chi connectivity index (χ2n) is 6.70.